The number of nitrogen functional groups attached to an aromatic ring is 1. The zero-order valence-corrected chi connectivity index (χ0v) is 11.6. The van der Waals surface area contributed by atoms with E-state index in [0.29, 0.717) is 16.8 Å². The first-order valence-electron chi connectivity index (χ1n) is 5.94. The fraction of sp³-hybridized carbons (Fsp3) is 0.0667. The third-order valence-electron chi connectivity index (χ3n) is 3.15. The van der Waals surface area contributed by atoms with Crippen LogP contribution in [0.15, 0.2) is 35.0 Å². The Morgan fingerprint density at radius 1 is 1.35 bits per heavy atom. The summed E-state index contributed by atoms with van der Waals surface area (Å²) in [7, 11) is 1.59. The summed E-state index contributed by atoms with van der Waals surface area (Å²) in [4.78, 5) is 4.32. The van der Waals surface area contributed by atoms with Crippen molar-refractivity contribution in [2.75, 3.05) is 12.8 Å². The minimum atomic E-state index is 0.223. The van der Waals surface area contributed by atoms with E-state index in [1.165, 1.54) is 0 Å². The Bertz CT molecular complexity index is 819. The van der Waals surface area contributed by atoms with E-state index in [1.807, 2.05) is 23.6 Å². The van der Waals surface area contributed by atoms with Crippen LogP contribution >= 0.6 is 11.3 Å². The van der Waals surface area contributed by atoms with Gasteiger partial charge in [-0.1, -0.05) is 0 Å². The maximum Gasteiger partial charge on any atom is 0.145 e. The smallest absolute Gasteiger partial charge is 0.145 e. The molecule has 20 heavy (non-hydrogen) atoms. The lowest BCUT2D eigenvalue weighted by molar-refractivity contribution is 0.419. The number of pyridine rings is 1. The van der Waals surface area contributed by atoms with Gasteiger partial charge in [0.2, 0.25) is 0 Å². The van der Waals surface area contributed by atoms with Gasteiger partial charge in [0.15, 0.2) is 0 Å². The van der Waals surface area contributed by atoms with E-state index in [1.54, 1.807) is 24.5 Å². The largest absolute Gasteiger partial charge is 0.494 e. The van der Waals surface area contributed by atoms with Crippen LogP contribution in [0, 0.1) is 11.3 Å². The lowest BCUT2D eigenvalue weighted by Gasteiger charge is -2.10. The van der Waals surface area contributed by atoms with E-state index in [9.17, 15) is 0 Å². The molecule has 4 nitrogen and oxygen atoms in total. The number of hydrogen-bond acceptors (Lipinski definition) is 5. The SMILES string of the molecule is COc1ccc(-c2ccsc2)c2cc(C#N)c(N)nc12. The van der Waals surface area contributed by atoms with Crippen LogP contribution in [-0.2, 0) is 0 Å². The Morgan fingerprint density at radius 2 is 2.20 bits per heavy atom. The molecule has 0 fully saturated rings. The molecule has 2 N–H and O–H groups in total. The first kappa shape index (κ1) is 12.5. The van der Waals surface area contributed by atoms with E-state index < -0.39 is 0 Å². The number of ether oxygens (including phenoxy) is 1. The molecule has 1 aromatic carbocycles. The molecule has 3 aromatic rings. The highest BCUT2D eigenvalue weighted by Crippen LogP contribution is 2.35. The number of rotatable bonds is 2. The average molecular weight is 281 g/mol. The summed E-state index contributed by atoms with van der Waals surface area (Å²) in [6.07, 6.45) is 0. The number of benzene rings is 1. The molecule has 0 aliphatic heterocycles. The molecule has 0 aliphatic carbocycles. The molecule has 0 radical (unpaired) electrons. The lowest BCUT2D eigenvalue weighted by Crippen LogP contribution is -1.98. The number of nitriles is 1. The van der Waals surface area contributed by atoms with Gasteiger partial charge in [0.25, 0.3) is 0 Å². The van der Waals surface area contributed by atoms with Gasteiger partial charge in [-0.05, 0) is 46.2 Å². The summed E-state index contributed by atoms with van der Waals surface area (Å²) >= 11 is 1.62. The third-order valence-corrected chi connectivity index (χ3v) is 3.83. The summed E-state index contributed by atoms with van der Waals surface area (Å²) < 4.78 is 5.33. The molecule has 0 aliphatic rings. The Kier molecular flexibility index (Phi) is 3.01. The van der Waals surface area contributed by atoms with Gasteiger partial charge in [0.05, 0.1) is 12.7 Å². The van der Waals surface area contributed by atoms with Crippen molar-refractivity contribution in [3.05, 3.63) is 40.6 Å². The van der Waals surface area contributed by atoms with Crippen molar-refractivity contribution in [1.29, 1.82) is 5.26 Å². The van der Waals surface area contributed by atoms with Crippen molar-refractivity contribution in [2.45, 2.75) is 0 Å². The van der Waals surface area contributed by atoms with Crippen molar-refractivity contribution < 1.29 is 4.74 Å². The Balaban J connectivity index is 2.41. The second-order valence-electron chi connectivity index (χ2n) is 4.26. The number of thiophene rings is 1. The van der Waals surface area contributed by atoms with Gasteiger partial charge in [-0.3, -0.25) is 0 Å². The fourth-order valence-corrected chi connectivity index (χ4v) is 2.83. The molecule has 2 heterocycles. The van der Waals surface area contributed by atoms with E-state index in [4.69, 9.17) is 15.7 Å². The summed E-state index contributed by atoms with van der Waals surface area (Å²) in [5.41, 5.74) is 8.97. The molecular weight excluding hydrogens is 270 g/mol. The molecule has 0 saturated carbocycles. The molecular formula is C15H11N3OS. The van der Waals surface area contributed by atoms with E-state index in [0.717, 1.165) is 16.5 Å². The van der Waals surface area contributed by atoms with Crippen molar-refractivity contribution in [3.8, 4) is 22.9 Å². The fourth-order valence-electron chi connectivity index (χ4n) is 2.17. The minimum Gasteiger partial charge on any atom is -0.494 e. The predicted octanol–water partition coefficient (Wildman–Crippen LogP) is 3.43. The molecule has 0 spiro atoms. The maximum atomic E-state index is 9.13. The second kappa shape index (κ2) is 4.83. The summed E-state index contributed by atoms with van der Waals surface area (Å²) in [5, 5.41) is 14.1. The van der Waals surface area contributed by atoms with Gasteiger partial charge in [0, 0.05) is 5.39 Å². The Morgan fingerprint density at radius 3 is 2.85 bits per heavy atom. The zero-order valence-electron chi connectivity index (χ0n) is 10.8. The molecule has 0 unspecified atom stereocenters. The van der Waals surface area contributed by atoms with Crippen LogP contribution in [0.3, 0.4) is 0 Å². The van der Waals surface area contributed by atoms with Gasteiger partial charge in [-0.25, -0.2) is 4.98 Å². The molecule has 0 amide bonds. The number of anilines is 1. The number of aromatic nitrogens is 1. The van der Waals surface area contributed by atoms with E-state index in [-0.39, 0.29) is 5.82 Å². The predicted molar refractivity (Wildman–Crippen MR) is 80.7 cm³/mol. The summed E-state index contributed by atoms with van der Waals surface area (Å²) in [6.45, 7) is 0. The number of nitrogens with zero attached hydrogens (tertiary/aromatic N) is 2. The third kappa shape index (κ3) is 1.87. The van der Waals surface area contributed by atoms with Crippen LogP contribution in [0.1, 0.15) is 5.56 Å². The van der Waals surface area contributed by atoms with Crippen LogP contribution in [-0.4, -0.2) is 12.1 Å². The molecule has 5 heteroatoms. The van der Waals surface area contributed by atoms with Crippen LogP contribution < -0.4 is 10.5 Å². The second-order valence-corrected chi connectivity index (χ2v) is 5.04. The summed E-state index contributed by atoms with van der Waals surface area (Å²) in [6, 6.07) is 9.72. The Labute approximate surface area is 120 Å². The highest BCUT2D eigenvalue weighted by molar-refractivity contribution is 7.08. The van der Waals surface area contributed by atoms with Gasteiger partial charge in [-0.2, -0.15) is 16.6 Å². The number of nitrogens with two attached hydrogens (primary N) is 1. The molecule has 0 saturated heterocycles. The van der Waals surface area contributed by atoms with Crippen LogP contribution in [0.5, 0.6) is 5.75 Å². The number of fused-ring (bicyclic) bond motifs is 1. The highest BCUT2D eigenvalue weighted by Gasteiger charge is 2.13. The monoisotopic (exact) mass is 281 g/mol. The topological polar surface area (TPSA) is 71.9 Å². The maximum absolute atomic E-state index is 9.13. The molecule has 98 valence electrons. The quantitative estimate of drug-likeness (QED) is 0.781. The van der Waals surface area contributed by atoms with Crippen LogP contribution in [0.2, 0.25) is 0 Å². The average Bonchev–Trinajstić information content (AvgIpc) is 2.99. The Hall–Kier alpha value is -2.58. The van der Waals surface area contributed by atoms with Gasteiger partial charge in [0.1, 0.15) is 23.2 Å². The normalized spacial score (nSPS) is 10.4. The minimum absolute atomic E-state index is 0.223. The number of hydrogen-bond donors (Lipinski definition) is 1. The van der Waals surface area contributed by atoms with Crippen LogP contribution in [0.4, 0.5) is 5.82 Å². The molecule has 2 aromatic heterocycles. The van der Waals surface area contributed by atoms with Crippen molar-refractivity contribution >= 4 is 28.1 Å². The van der Waals surface area contributed by atoms with E-state index in [2.05, 4.69) is 16.4 Å². The van der Waals surface area contributed by atoms with Gasteiger partial charge >= 0.3 is 0 Å². The number of methoxy groups -OCH3 is 1. The highest BCUT2D eigenvalue weighted by atomic mass is 32.1. The van der Waals surface area contributed by atoms with Crippen molar-refractivity contribution in [3.63, 3.8) is 0 Å². The zero-order chi connectivity index (χ0) is 14.1. The molecule has 3 rings (SSSR count). The standard InChI is InChI=1S/C15H11N3OS/c1-19-13-3-2-11(9-4-5-20-8-9)12-6-10(7-16)15(17)18-14(12)13/h2-6,8H,1H3,(H2,17,18). The van der Waals surface area contributed by atoms with E-state index >= 15 is 0 Å². The summed E-state index contributed by atoms with van der Waals surface area (Å²) in [5.74, 6) is 0.871. The van der Waals surface area contributed by atoms with Gasteiger partial charge in [-0.15, -0.1) is 0 Å². The van der Waals surface area contributed by atoms with Crippen molar-refractivity contribution in [1.82, 2.24) is 4.98 Å². The van der Waals surface area contributed by atoms with Crippen LogP contribution in [0.25, 0.3) is 22.0 Å². The van der Waals surface area contributed by atoms with Crippen molar-refractivity contribution in [2.24, 2.45) is 0 Å². The first-order valence-corrected chi connectivity index (χ1v) is 6.88. The molecule has 0 atom stereocenters. The van der Waals surface area contributed by atoms with Gasteiger partial charge < -0.3 is 10.5 Å². The first-order chi connectivity index (χ1) is 9.74. The molecule has 0 bridgehead atoms. The lowest BCUT2D eigenvalue weighted by atomic mass is 10.0.